The molecule has 0 aliphatic carbocycles. The second-order valence-electron chi connectivity index (χ2n) is 8.72. The number of nitrogens with zero attached hydrogens (tertiary/aromatic N) is 1. The summed E-state index contributed by atoms with van der Waals surface area (Å²) < 4.78 is 25.5. The van der Waals surface area contributed by atoms with E-state index in [-0.39, 0.29) is 5.91 Å². The molecular weight excluding hydrogens is 417 g/mol. The molecule has 0 radical (unpaired) electrons. The molecule has 4 nitrogen and oxygen atoms in total. The molecule has 4 rings (SSSR count). The normalized spacial score (nSPS) is 14.8. The first-order chi connectivity index (χ1) is 16.0. The fourth-order valence-corrected chi connectivity index (χ4v) is 4.06. The van der Waals surface area contributed by atoms with Crippen LogP contribution >= 0.6 is 0 Å². The van der Waals surface area contributed by atoms with E-state index in [0.29, 0.717) is 44.4 Å². The quantitative estimate of drug-likeness (QED) is 0.514. The first-order valence-corrected chi connectivity index (χ1v) is 11.5. The lowest BCUT2D eigenvalue weighted by Crippen LogP contribution is -2.34. The van der Waals surface area contributed by atoms with Crippen LogP contribution in [0.2, 0.25) is 0 Å². The first-order valence-electron chi connectivity index (χ1n) is 11.5. The topological polar surface area (TPSA) is 38.8 Å². The minimum atomic E-state index is -0.419. The summed E-state index contributed by atoms with van der Waals surface area (Å²) >= 11 is 0. The van der Waals surface area contributed by atoms with Gasteiger partial charge in [-0.1, -0.05) is 56.3 Å². The van der Waals surface area contributed by atoms with Gasteiger partial charge in [-0.25, -0.2) is 4.39 Å². The van der Waals surface area contributed by atoms with E-state index in [1.165, 1.54) is 17.7 Å². The number of carbonyl (C=O) groups excluding carboxylic acids is 1. The standard InChI is InChI=1S/C28H30FNO3/c1-20(2)23-9-10-27-25(17-23)16-21-5-3-6-22(15-21)19-30(11-12-32-13-14-33-27)28(31)24-7-4-8-26(29)18-24/h3-10,15,17-18,20H,11-14,16,19H2,1-2H3. The van der Waals surface area contributed by atoms with Gasteiger partial charge in [0.2, 0.25) is 0 Å². The Hall–Kier alpha value is -3.18. The SMILES string of the molecule is CC(C)c1ccc2c(c1)Cc1cccc(c1)CN(C(=O)c1cccc(F)c1)CCOCCO2. The van der Waals surface area contributed by atoms with E-state index in [2.05, 4.69) is 44.2 Å². The zero-order valence-corrected chi connectivity index (χ0v) is 19.2. The molecule has 1 aliphatic rings. The average molecular weight is 448 g/mol. The van der Waals surface area contributed by atoms with Crippen LogP contribution in [0.15, 0.2) is 66.7 Å². The zero-order chi connectivity index (χ0) is 23.2. The Kier molecular flexibility index (Phi) is 7.40. The molecule has 0 atom stereocenters. The van der Waals surface area contributed by atoms with Crippen LogP contribution in [0.5, 0.6) is 5.75 Å². The van der Waals surface area contributed by atoms with Crippen molar-refractivity contribution < 1.29 is 18.7 Å². The van der Waals surface area contributed by atoms with Crippen molar-refractivity contribution in [3.05, 3.63) is 100 Å². The summed E-state index contributed by atoms with van der Waals surface area (Å²) in [5, 5.41) is 0. The number of rotatable bonds is 2. The number of hydrogen-bond acceptors (Lipinski definition) is 3. The van der Waals surface area contributed by atoms with Gasteiger partial charge >= 0.3 is 0 Å². The summed E-state index contributed by atoms with van der Waals surface area (Å²) in [6.45, 7) is 6.46. The lowest BCUT2D eigenvalue weighted by Gasteiger charge is -2.24. The predicted molar refractivity (Wildman–Crippen MR) is 127 cm³/mol. The van der Waals surface area contributed by atoms with E-state index in [1.54, 1.807) is 17.0 Å². The highest BCUT2D eigenvalue weighted by Crippen LogP contribution is 2.27. The van der Waals surface area contributed by atoms with Crippen molar-refractivity contribution in [2.45, 2.75) is 32.7 Å². The molecule has 1 heterocycles. The summed E-state index contributed by atoms with van der Waals surface area (Å²) in [5.41, 5.74) is 4.94. The molecule has 172 valence electrons. The maximum absolute atomic E-state index is 13.7. The van der Waals surface area contributed by atoms with Crippen LogP contribution < -0.4 is 4.74 Å². The smallest absolute Gasteiger partial charge is 0.254 e. The number of halogens is 1. The maximum atomic E-state index is 13.7. The maximum Gasteiger partial charge on any atom is 0.254 e. The predicted octanol–water partition coefficient (Wildman–Crippen LogP) is 5.59. The number of fused-ring (bicyclic) bond motifs is 3. The fraction of sp³-hybridized carbons (Fsp3) is 0.321. The van der Waals surface area contributed by atoms with Crippen LogP contribution in [0, 0.1) is 5.82 Å². The van der Waals surface area contributed by atoms with Crippen LogP contribution in [-0.2, 0) is 17.7 Å². The number of benzene rings is 3. The fourth-order valence-electron chi connectivity index (χ4n) is 4.06. The van der Waals surface area contributed by atoms with Crippen molar-refractivity contribution in [3.63, 3.8) is 0 Å². The molecule has 0 unspecified atom stereocenters. The van der Waals surface area contributed by atoms with Crippen LogP contribution in [0.1, 0.15) is 52.4 Å². The van der Waals surface area contributed by atoms with E-state index >= 15 is 0 Å². The number of ether oxygens (including phenoxy) is 2. The average Bonchev–Trinajstić information content (AvgIpc) is 2.80. The molecule has 2 bridgehead atoms. The van der Waals surface area contributed by atoms with Crippen LogP contribution in [-0.4, -0.2) is 37.2 Å². The van der Waals surface area contributed by atoms with Gasteiger partial charge in [-0.2, -0.15) is 0 Å². The Balaban J connectivity index is 1.63. The van der Waals surface area contributed by atoms with Crippen molar-refractivity contribution in [1.82, 2.24) is 4.90 Å². The molecule has 5 heteroatoms. The Morgan fingerprint density at radius 1 is 0.939 bits per heavy atom. The lowest BCUT2D eigenvalue weighted by atomic mass is 9.96. The van der Waals surface area contributed by atoms with Gasteiger partial charge in [-0.05, 0) is 52.4 Å². The number of amides is 1. The van der Waals surface area contributed by atoms with E-state index in [9.17, 15) is 9.18 Å². The van der Waals surface area contributed by atoms with Gasteiger partial charge < -0.3 is 14.4 Å². The number of hydrogen-bond donors (Lipinski definition) is 0. The molecule has 0 spiro atoms. The van der Waals surface area contributed by atoms with Crippen molar-refractivity contribution >= 4 is 5.91 Å². The highest BCUT2D eigenvalue weighted by atomic mass is 19.1. The van der Waals surface area contributed by atoms with Gasteiger partial charge in [0, 0.05) is 25.1 Å². The van der Waals surface area contributed by atoms with E-state index in [1.807, 2.05) is 12.1 Å². The Labute approximate surface area is 195 Å². The first kappa shape index (κ1) is 23.0. The van der Waals surface area contributed by atoms with E-state index in [4.69, 9.17) is 9.47 Å². The van der Waals surface area contributed by atoms with Crippen LogP contribution in [0.4, 0.5) is 4.39 Å². The van der Waals surface area contributed by atoms with E-state index in [0.717, 1.165) is 28.9 Å². The second-order valence-corrected chi connectivity index (χ2v) is 8.72. The molecule has 1 aliphatic heterocycles. The van der Waals surface area contributed by atoms with Gasteiger partial charge in [0.15, 0.2) is 0 Å². The van der Waals surface area contributed by atoms with Gasteiger partial charge in [0.05, 0.1) is 13.2 Å². The van der Waals surface area contributed by atoms with Crippen LogP contribution in [0.25, 0.3) is 0 Å². The Morgan fingerprint density at radius 3 is 2.58 bits per heavy atom. The van der Waals surface area contributed by atoms with E-state index < -0.39 is 5.82 Å². The van der Waals surface area contributed by atoms with Crippen molar-refractivity contribution in [2.24, 2.45) is 0 Å². The minimum absolute atomic E-state index is 0.209. The third-order valence-corrected chi connectivity index (χ3v) is 5.86. The third-order valence-electron chi connectivity index (χ3n) is 5.86. The summed E-state index contributed by atoms with van der Waals surface area (Å²) in [7, 11) is 0. The van der Waals surface area contributed by atoms with Gasteiger partial charge in [0.25, 0.3) is 5.91 Å². The Morgan fingerprint density at radius 2 is 1.76 bits per heavy atom. The lowest BCUT2D eigenvalue weighted by molar-refractivity contribution is 0.0571. The molecule has 0 saturated heterocycles. The van der Waals surface area contributed by atoms with Crippen molar-refractivity contribution in [1.29, 1.82) is 0 Å². The molecule has 0 N–H and O–H groups in total. The largest absolute Gasteiger partial charge is 0.491 e. The van der Waals surface area contributed by atoms with Crippen molar-refractivity contribution in [3.8, 4) is 5.75 Å². The van der Waals surface area contributed by atoms with Gasteiger partial charge in [-0.15, -0.1) is 0 Å². The summed E-state index contributed by atoms with van der Waals surface area (Å²) in [5.74, 6) is 0.686. The second kappa shape index (κ2) is 10.6. The highest BCUT2D eigenvalue weighted by Gasteiger charge is 2.18. The molecular formula is C28H30FNO3. The zero-order valence-electron chi connectivity index (χ0n) is 19.2. The molecule has 0 fully saturated rings. The molecule has 3 aromatic carbocycles. The monoisotopic (exact) mass is 447 g/mol. The van der Waals surface area contributed by atoms with Gasteiger partial charge in [-0.3, -0.25) is 4.79 Å². The highest BCUT2D eigenvalue weighted by molar-refractivity contribution is 5.94. The minimum Gasteiger partial charge on any atom is -0.491 e. The summed E-state index contributed by atoms with van der Waals surface area (Å²) in [4.78, 5) is 14.8. The van der Waals surface area contributed by atoms with Gasteiger partial charge in [0.1, 0.15) is 18.2 Å². The third kappa shape index (κ3) is 5.99. The summed E-state index contributed by atoms with van der Waals surface area (Å²) in [6, 6.07) is 20.5. The molecule has 1 amide bonds. The molecule has 3 aromatic rings. The molecule has 0 aromatic heterocycles. The van der Waals surface area contributed by atoms with Crippen LogP contribution in [0.3, 0.4) is 0 Å². The molecule has 0 saturated carbocycles. The number of carbonyl (C=O) groups is 1. The molecule has 33 heavy (non-hydrogen) atoms. The summed E-state index contributed by atoms with van der Waals surface area (Å²) in [6.07, 6.45) is 0.739. The van der Waals surface area contributed by atoms with Crippen molar-refractivity contribution in [2.75, 3.05) is 26.4 Å². The Bertz CT molecular complexity index is 1110.